The van der Waals surface area contributed by atoms with Gasteiger partial charge in [-0.05, 0) is 24.6 Å². The zero-order valence-corrected chi connectivity index (χ0v) is 10.9. The van der Waals surface area contributed by atoms with E-state index in [0.717, 1.165) is 0 Å². The summed E-state index contributed by atoms with van der Waals surface area (Å²) in [6.45, 7) is 1.85. The van der Waals surface area contributed by atoms with Crippen molar-refractivity contribution in [2.75, 3.05) is 0 Å². The van der Waals surface area contributed by atoms with E-state index in [1.54, 1.807) is 0 Å². The summed E-state index contributed by atoms with van der Waals surface area (Å²) >= 11 is 0. The van der Waals surface area contributed by atoms with E-state index in [9.17, 15) is 26.3 Å². The monoisotopic (exact) mass is 307 g/mol. The first-order valence-electron chi connectivity index (χ1n) is 6.21. The van der Waals surface area contributed by atoms with Crippen LogP contribution < -0.4 is 0 Å². The summed E-state index contributed by atoms with van der Waals surface area (Å²) in [5.41, 5.74) is -2.48. The van der Waals surface area contributed by atoms with E-state index >= 15 is 0 Å². The number of halogens is 6. The number of fused-ring (bicyclic) bond motifs is 1. The number of benzene rings is 1. The number of nitrogens with zero attached hydrogens (tertiary/aromatic N) is 1. The molecule has 2 rings (SSSR count). The number of hydrogen-bond donors (Lipinski definition) is 0. The summed E-state index contributed by atoms with van der Waals surface area (Å²) in [6, 6.07) is 3.37. The molecule has 0 spiro atoms. The van der Waals surface area contributed by atoms with Gasteiger partial charge in [0.05, 0.1) is 16.6 Å². The van der Waals surface area contributed by atoms with Crippen LogP contribution in [0.5, 0.6) is 0 Å². The SMILES string of the molecule is CCCc1ccc2c(C(F)(F)F)cc(C(F)(F)F)cc2n1. The van der Waals surface area contributed by atoms with Gasteiger partial charge in [0, 0.05) is 11.1 Å². The van der Waals surface area contributed by atoms with Crippen molar-refractivity contribution < 1.29 is 26.3 Å². The molecule has 0 saturated heterocycles. The van der Waals surface area contributed by atoms with Gasteiger partial charge in [0.15, 0.2) is 0 Å². The van der Waals surface area contributed by atoms with Crippen molar-refractivity contribution in [1.82, 2.24) is 4.98 Å². The minimum atomic E-state index is -4.87. The predicted molar refractivity (Wildman–Crippen MR) is 65.7 cm³/mol. The van der Waals surface area contributed by atoms with Gasteiger partial charge in [-0.15, -0.1) is 0 Å². The van der Waals surface area contributed by atoms with Crippen molar-refractivity contribution in [1.29, 1.82) is 0 Å². The van der Waals surface area contributed by atoms with Crippen LogP contribution in [-0.2, 0) is 18.8 Å². The summed E-state index contributed by atoms with van der Waals surface area (Å²) in [7, 11) is 0. The minimum Gasteiger partial charge on any atom is -0.253 e. The molecule has 1 aromatic carbocycles. The van der Waals surface area contributed by atoms with Gasteiger partial charge in [-0.1, -0.05) is 19.4 Å². The van der Waals surface area contributed by atoms with Crippen molar-refractivity contribution in [3.8, 4) is 0 Å². The average molecular weight is 307 g/mol. The molecule has 7 heteroatoms. The quantitative estimate of drug-likeness (QED) is 0.693. The molecule has 0 fully saturated rings. The summed E-state index contributed by atoms with van der Waals surface area (Å²) in [5.74, 6) is 0. The maximum Gasteiger partial charge on any atom is 0.417 e. The molecule has 114 valence electrons. The highest BCUT2D eigenvalue weighted by Crippen LogP contribution is 2.39. The first kappa shape index (κ1) is 15.6. The van der Waals surface area contributed by atoms with Crippen LogP contribution in [-0.4, -0.2) is 4.98 Å². The number of aromatic nitrogens is 1. The van der Waals surface area contributed by atoms with Gasteiger partial charge < -0.3 is 0 Å². The van der Waals surface area contributed by atoms with Crippen LogP contribution in [0.3, 0.4) is 0 Å². The van der Waals surface area contributed by atoms with Gasteiger partial charge in [-0.2, -0.15) is 26.3 Å². The van der Waals surface area contributed by atoms with Crippen LogP contribution in [0.25, 0.3) is 10.9 Å². The van der Waals surface area contributed by atoms with Crippen LogP contribution in [0, 0.1) is 0 Å². The zero-order valence-electron chi connectivity index (χ0n) is 10.9. The molecule has 0 aliphatic heterocycles. The van der Waals surface area contributed by atoms with Crippen molar-refractivity contribution >= 4 is 10.9 Å². The smallest absolute Gasteiger partial charge is 0.253 e. The van der Waals surface area contributed by atoms with Crippen molar-refractivity contribution in [2.45, 2.75) is 32.1 Å². The van der Waals surface area contributed by atoms with Crippen LogP contribution >= 0.6 is 0 Å². The second-order valence-electron chi connectivity index (χ2n) is 4.64. The lowest BCUT2D eigenvalue weighted by molar-refractivity contribution is -0.142. The lowest BCUT2D eigenvalue weighted by Gasteiger charge is -2.15. The molecule has 0 amide bonds. The second-order valence-corrected chi connectivity index (χ2v) is 4.64. The first-order valence-corrected chi connectivity index (χ1v) is 6.21. The normalized spacial score (nSPS) is 12.9. The maximum absolute atomic E-state index is 12.9. The Morgan fingerprint density at radius 3 is 2.14 bits per heavy atom. The fourth-order valence-corrected chi connectivity index (χ4v) is 2.07. The maximum atomic E-state index is 12.9. The Hall–Kier alpha value is -1.79. The minimum absolute atomic E-state index is 0.128. The molecule has 0 aliphatic rings. The molecule has 0 saturated carbocycles. The highest BCUT2D eigenvalue weighted by molar-refractivity contribution is 5.84. The van der Waals surface area contributed by atoms with Crippen molar-refractivity contribution in [2.24, 2.45) is 0 Å². The van der Waals surface area contributed by atoms with E-state index in [0.29, 0.717) is 24.6 Å². The Morgan fingerprint density at radius 2 is 1.62 bits per heavy atom. The summed E-state index contributed by atoms with van der Waals surface area (Å²) < 4.78 is 77.0. The molecule has 1 aromatic heterocycles. The van der Waals surface area contributed by atoms with Crippen LogP contribution in [0.4, 0.5) is 26.3 Å². The average Bonchev–Trinajstić information content (AvgIpc) is 2.35. The molecule has 0 N–H and O–H groups in total. The Bertz CT molecular complexity index is 657. The van der Waals surface area contributed by atoms with Crippen LogP contribution in [0.15, 0.2) is 24.3 Å². The number of rotatable bonds is 2. The molecule has 0 atom stereocenters. The van der Waals surface area contributed by atoms with Gasteiger partial charge in [0.2, 0.25) is 0 Å². The van der Waals surface area contributed by atoms with Gasteiger partial charge in [-0.25, -0.2) is 0 Å². The number of alkyl halides is 6. The molecular formula is C14H11F6N. The number of aryl methyl sites for hydroxylation is 1. The van der Waals surface area contributed by atoms with Gasteiger partial charge in [0.25, 0.3) is 0 Å². The highest BCUT2D eigenvalue weighted by Gasteiger charge is 2.38. The third kappa shape index (κ3) is 3.28. The van der Waals surface area contributed by atoms with E-state index in [2.05, 4.69) is 4.98 Å². The summed E-state index contributed by atoms with van der Waals surface area (Å²) in [5, 5.41) is -0.324. The molecule has 1 heterocycles. The van der Waals surface area contributed by atoms with E-state index in [4.69, 9.17) is 0 Å². The van der Waals surface area contributed by atoms with E-state index in [-0.39, 0.29) is 17.0 Å². The van der Waals surface area contributed by atoms with Gasteiger partial charge in [-0.3, -0.25) is 4.98 Å². The summed E-state index contributed by atoms with van der Waals surface area (Å²) in [6.07, 6.45) is -8.53. The van der Waals surface area contributed by atoms with Crippen molar-refractivity contribution in [3.05, 3.63) is 41.1 Å². The third-order valence-electron chi connectivity index (χ3n) is 3.00. The molecule has 0 aliphatic carbocycles. The molecule has 0 radical (unpaired) electrons. The van der Waals surface area contributed by atoms with Crippen LogP contribution in [0.2, 0.25) is 0 Å². The summed E-state index contributed by atoms with van der Waals surface area (Å²) in [4.78, 5) is 3.91. The molecular weight excluding hydrogens is 296 g/mol. The van der Waals surface area contributed by atoms with Crippen LogP contribution in [0.1, 0.15) is 30.2 Å². The molecule has 1 nitrogen and oxygen atoms in total. The van der Waals surface area contributed by atoms with Crippen molar-refractivity contribution in [3.63, 3.8) is 0 Å². The molecule has 0 bridgehead atoms. The fourth-order valence-electron chi connectivity index (χ4n) is 2.07. The topological polar surface area (TPSA) is 12.9 Å². The largest absolute Gasteiger partial charge is 0.417 e. The Morgan fingerprint density at radius 1 is 0.952 bits per heavy atom. The van der Waals surface area contributed by atoms with E-state index < -0.39 is 23.5 Å². The standard InChI is InChI=1S/C14H11F6N/c1-2-3-9-4-5-10-11(14(18,19)20)6-8(13(15,16)17)7-12(10)21-9/h4-7H,2-3H2,1H3. The Balaban J connectivity index is 2.75. The molecule has 0 unspecified atom stereocenters. The Labute approximate surface area is 116 Å². The second kappa shape index (κ2) is 5.20. The van der Waals surface area contributed by atoms with Gasteiger partial charge >= 0.3 is 12.4 Å². The van der Waals surface area contributed by atoms with E-state index in [1.807, 2.05) is 6.92 Å². The molecule has 21 heavy (non-hydrogen) atoms. The lowest BCUT2D eigenvalue weighted by atomic mass is 10.0. The Kier molecular flexibility index (Phi) is 3.86. The van der Waals surface area contributed by atoms with Gasteiger partial charge in [0.1, 0.15) is 0 Å². The molecule has 2 aromatic rings. The zero-order chi connectivity index (χ0) is 15.8. The fraction of sp³-hybridized carbons (Fsp3) is 0.357. The highest BCUT2D eigenvalue weighted by atomic mass is 19.4. The number of hydrogen-bond acceptors (Lipinski definition) is 1. The lowest BCUT2D eigenvalue weighted by Crippen LogP contribution is -2.12. The van der Waals surface area contributed by atoms with E-state index in [1.165, 1.54) is 12.1 Å². The third-order valence-corrected chi connectivity index (χ3v) is 3.00. The number of pyridine rings is 1. The predicted octanol–water partition coefficient (Wildman–Crippen LogP) is 5.22. The first-order chi connectivity index (χ1) is 9.63.